The van der Waals surface area contributed by atoms with Crippen molar-refractivity contribution in [2.24, 2.45) is 0 Å². The van der Waals surface area contributed by atoms with Gasteiger partial charge in [0.25, 0.3) is 0 Å². The molecular weight excluding hydrogens is 244 g/mol. The van der Waals surface area contributed by atoms with E-state index in [-0.39, 0.29) is 5.54 Å². The second-order valence-corrected chi connectivity index (χ2v) is 6.43. The third-order valence-corrected chi connectivity index (χ3v) is 4.42. The number of likely N-dealkylation sites (N-methyl/N-ethyl adjacent to an activating group) is 1. The minimum absolute atomic E-state index is 0.166. The van der Waals surface area contributed by atoms with E-state index in [1.165, 1.54) is 27.4 Å². The third-order valence-electron chi connectivity index (χ3n) is 4.42. The lowest BCUT2D eigenvalue weighted by Crippen LogP contribution is -2.40. The third kappa shape index (κ3) is 2.20. The van der Waals surface area contributed by atoms with Crippen LogP contribution in [0.3, 0.4) is 0 Å². The molecule has 3 rings (SSSR count). The van der Waals surface area contributed by atoms with E-state index < -0.39 is 0 Å². The number of hydrogen-bond acceptors (Lipinski definition) is 1. The first-order valence-electron chi connectivity index (χ1n) is 7.14. The number of nitrogens with zero attached hydrogens (tertiary/aromatic N) is 1. The molecule has 104 valence electrons. The van der Waals surface area contributed by atoms with Crippen LogP contribution in [0.15, 0.2) is 42.5 Å². The minimum Gasteiger partial charge on any atom is -0.355 e. The van der Waals surface area contributed by atoms with Gasteiger partial charge < -0.3 is 9.88 Å². The van der Waals surface area contributed by atoms with Crippen molar-refractivity contribution < 1.29 is 0 Å². The molecule has 0 saturated carbocycles. The number of benzene rings is 2. The molecule has 0 saturated heterocycles. The van der Waals surface area contributed by atoms with Crippen LogP contribution in [0.2, 0.25) is 0 Å². The molecule has 2 heteroatoms. The normalized spacial score (nSPS) is 12.7. The molecule has 1 heterocycles. The fourth-order valence-corrected chi connectivity index (χ4v) is 2.66. The SMILES string of the molecule is CN(C)C(C)(C)Cc1ccc2[nH]c3ccccc3c2c1. The molecule has 0 amide bonds. The quantitative estimate of drug-likeness (QED) is 0.752. The monoisotopic (exact) mass is 266 g/mol. The highest BCUT2D eigenvalue weighted by Gasteiger charge is 2.21. The second-order valence-electron chi connectivity index (χ2n) is 6.43. The maximum absolute atomic E-state index is 3.48. The molecule has 3 aromatic rings. The molecule has 2 aromatic carbocycles. The van der Waals surface area contributed by atoms with Crippen molar-refractivity contribution in [1.29, 1.82) is 0 Å². The number of fused-ring (bicyclic) bond motifs is 3. The maximum Gasteiger partial charge on any atom is 0.0465 e. The molecule has 1 N–H and O–H groups in total. The fourth-order valence-electron chi connectivity index (χ4n) is 2.66. The Morgan fingerprint density at radius 2 is 1.65 bits per heavy atom. The van der Waals surface area contributed by atoms with E-state index in [0.717, 1.165) is 6.42 Å². The van der Waals surface area contributed by atoms with Crippen LogP contribution in [0.5, 0.6) is 0 Å². The zero-order valence-electron chi connectivity index (χ0n) is 12.7. The van der Waals surface area contributed by atoms with Gasteiger partial charge in [0.2, 0.25) is 0 Å². The van der Waals surface area contributed by atoms with Crippen LogP contribution < -0.4 is 0 Å². The Balaban J connectivity index is 2.08. The summed E-state index contributed by atoms with van der Waals surface area (Å²) < 4.78 is 0. The number of aromatic nitrogens is 1. The zero-order chi connectivity index (χ0) is 14.3. The molecule has 0 fully saturated rings. The zero-order valence-corrected chi connectivity index (χ0v) is 12.7. The van der Waals surface area contributed by atoms with E-state index >= 15 is 0 Å². The summed E-state index contributed by atoms with van der Waals surface area (Å²) in [5, 5.41) is 2.64. The van der Waals surface area contributed by atoms with Gasteiger partial charge in [0.1, 0.15) is 0 Å². The summed E-state index contributed by atoms with van der Waals surface area (Å²) in [6.07, 6.45) is 1.05. The van der Waals surface area contributed by atoms with E-state index in [2.05, 4.69) is 80.3 Å². The number of rotatable bonds is 3. The van der Waals surface area contributed by atoms with Gasteiger partial charge in [-0.3, -0.25) is 0 Å². The van der Waals surface area contributed by atoms with Gasteiger partial charge in [-0.2, -0.15) is 0 Å². The Labute approximate surface area is 120 Å². The van der Waals surface area contributed by atoms with Crippen LogP contribution in [-0.2, 0) is 6.42 Å². The second kappa shape index (κ2) is 4.64. The molecule has 0 atom stereocenters. The summed E-state index contributed by atoms with van der Waals surface area (Å²) in [5.41, 5.74) is 3.99. The van der Waals surface area contributed by atoms with Gasteiger partial charge in [-0.15, -0.1) is 0 Å². The Hall–Kier alpha value is -1.80. The number of nitrogens with one attached hydrogen (secondary N) is 1. The summed E-state index contributed by atoms with van der Waals surface area (Å²) in [5.74, 6) is 0. The highest BCUT2D eigenvalue weighted by molar-refractivity contribution is 6.07. The topological polar surface area (TPSA) is 19.0 Å². The lowest BCUT2D eigenvalue weighted by molar-refractivity contribution is 0.195. The molecule has 2 nitrogen and oxygen atoms in total. The van der Waals surface area contributed by atoms with Crippen molar-refractivity contribution in [2.45, 2.75) is 25.8 Å². The van der Waals surface area contributed by atoms with Gasteiger partial charge in [-0.1, -0.05) is 24.3 Å². The Morgan fingerprint density at radius 3 is 2.40 bits per heavy atom. The molecule has 20 heavy (non-hydrogen) atoms. The van der Waals surface area contributed by atoms with Crippen molar-refractivity contribution in [3.63, 3.8) is 0 Å². The van der Waals surface area contributed by atoms with Crippen LogP contribution in [0.25, 0.3) is 21.8 Å². The van der Waals surface area contributed by atoms with Crippen molar-refractivity contribution >= 4 is 21.8 Å². The summed E-state index contributed by atoms with van der Waals surface area (Å²) in [7, 11) is 4.29. The van der Waals surface area contributed by atoms with Gasteiger partial charge in [0.05, 0.1) is 0 Å². The number of aromatic amines is 1. The highest BCUT2D eigenvalue weighted by Crippen LogP contribution is 2.27. The first-order chi connectivity index (χ1) is 9.47. The molecule has 0 radical (unpaired) electrons. The smallest absolute Gasteiger partial charge is 0.0465 e. The maximum atomic E-state index is 3.48. The van der Waals surface area contributed by atoms with Crippen molar-refractivity contribution in [1.82, 2.24) is 9.88 Å². The van der Waals surface area contributed by atoms with Crippen LogP contribution in [0.1, 0.15) is 19.4 Å². The highest BCUT2D eigenvalue weighted by atomic mass is 15.1. The van der Waals surface area contributed by atoms with E-state index in [0.29, 0.717) is 0 Å². The van der Waals surface area contributed by atoms with Crippen LogP contribution in [0, 0.1) is 0 Å². The predicted molar refractivity (Wildman–Crippen MR) is 87.3 cm³/mol. The lowest BCUT2D eigenvalue weighted by atomic mass is 9.93. The largest absolute Gasteiger partial charge is 0.355 e. The van der Waals surface area contributed by atoms with E-state index in [4.69, 9.17) is 0 Å². The molecule has 0 aliphatic heterocycles. The molecule has 0 aliphatic carbocycles. The number of para-hydroxylation sites is 1. The summed E-state index contributed by atoms with van der Waals surface area (Å²) in [6.45, 7) is 4.57. The van der Waals surface area contributed by atoms with Crippen LogP contribution >= 0.6 is 0 Å². The molecular formula is C18H22N2. The summed E-state index contributed by atoms with van der Waals surface area (Å²) >= 11 is 0. The molecule has 0 unspecified atom stereocenters. The first-order valence-corrected chi connectivity index (χ1v) is 7.14. The van der Waals surface area contributed by atoms with Gasteiger partial charge in [-0.25, -0.2) is 0 Å². The van der Waals surface area contributed by atoms with Crippen LogP contribution in [0.4, 0.5) is 0 Å². The molecule has 0 bridgehead atoms. The minimum atomic E-state index is 0.166. The van der Waals surface area contributed by atoms with E-state index in [9.17, 15) is 0 Å². The lowest BCUT2D eigenvalue weighted by Gasteiger charge is -2.32. The van der Waals surface area contributed by atoms with Gasteiger partial charge in [-0.05, 0) is 58.1 Å². The van der Waals surface area contributed by atoms with Gasteiger partial charge in [0, 0.05) is 27.3 Å². The fraction of sp³-hybridized carbons (Fsp3) is 0.333. The van der Waals surface area contributed by atoms with Gasteiger partial charge in [0.15, 0.2) is 0 Å². The standard InChI is InChI=1S/C18H22N2/c1-18(2,20(3)4)12-13-9-10-17-15(11-13)14-7-5-6-8-16(14)19-17/h5-11,19H,12H2,1-4H3. The van der Waals surface area contributed by atoms with Gasteiger partial charge >= 0.3 is 0 Å². The first kappa shape index (κ1) is 13.2. The predicted octanol–water partition coefficient (Wildman–Crippen LogP) is 4.20. The van der Waals surface area contributed by atoms with Crippen molar-refractivity contribution in [3.8, 4) is 0 Å². The number of H-pyrrole nitrogens is 1. The van der Waals surface area contributed by atoms with E-state index in [1.807, 2.05) is 0 Å². The Bertz CT molecular complexity index is 750. The average molecular weight is 266 g/mol. The van der Waals surface area contributed by atoms with Crippen molar-refractivity contribution in [3.05, 3.63) is 48.0 Å². The molecule has 1 aromatic heterocycles. The molecule has 0 spiro atoms. The summed E-state index contributed by atoms with van der Waals surface area (Å²) in [6, 6.07) is 15.3. The van der Waals surface area contributed by atoms with Crippen molar-refractivity contribution in [2.75, 3.05) is 14.1 Å². The summed E-state index contributed by atoms with van der Waals surface area (Å²) in [4.78, 5) is 5.76. The number of hydrogen-bond donors (Lipinski definition) is 1. The molecule has 0 aliphatic rings. The van der Waals surface area contributed by atoms with E-state index in [1.54, 1.807) is 0 Å². The Morgan fingerprint density at radius 1 is 0.950 bits per heavy atom. The van der Waals surface area contributed by atoms with Crippen LogP contribution in [-0.4, -0.2) is 29.5 Å². The average Bonchev–Trinajstić information content (AvgIpc) is 2.76. The Kier molecular flexibility index (Phi) is 3.06.